The molecule has 14 N–H and O–H groups in total. The first kappa shape index (κ1) is 55.6. The Labute approximate surface area is 358 Å². The number of aliphatic hydroxyl groups is 12. The number of hydrogen-bond acceptors (Lipinski definition) is 24. The minimum Gasteiger partial charge on any atom is -0.396 e. The van der Waals surface area contributed by atoms with Gasteiger partial charge in [0.15, 0.2) is 25.1 Å². The molecule has 25 nitrogen and oxygen atoms in total. The summed E-state index contributed by atoms with van der Waals surface area (Å²) in [5.74, 6) is -0.436. The van der Waals surface area contributed by atoms with E-state index in [1.54, 1.807) is 0 Å². The molecule has 360 valence electrons. The van der Waals surface area contributed by atoms with Gasteiger partial charge >= 0.3 is 0 Å². The number of aliphatic hydroxyl groups excluding tert-OH is 12. The van der Waals surface area contributed by atoms with E-state index in [-0.39, 0.29) is 25.5 Å². The van der Waals surface area contributed by atoms with Crippen LogP contribution in [0.3, 0.4) is 0 Å². The third-order valence-electron chi connectivity index (χ3n) is 9.93. The number of amides is 2. The van der Waals surface area contributed by atoms with Crippen LogP contribution < -0.4 is 10.6 Å². The number of carbonyl (C=O) groups is 2. The molecule has 0 saturated carbocycles. The summed E-state index contributed by atoms with van der Waals surface area (Å²) < 4.78 is 39.5. The van der Waals surface area contributed by atoms with Gasteiger partial charge in [-0.15, -0.1) is 0 Å². The number of carbonyl (C=O) groups excluding carboxylic acids is 2. The Hall–Kier alpha value is -1.55. The van der Waals surface area contributed by atoms with Gasteiger partial charge in [-0.1, -0.05) is 0 Å². The van der Waals surface area contributed by atoms with Crippen molar-refractivity contribution in [2.45, 2.75) is 143 Å². The predicted molar refractivity (Wildman–Crippen MR) is 207 cm³/mol. The summed E-state index contributed by atoms with van der Waals surface area (Å²) in [4.78, 5) is 29.9. The van der Waals surface area contributed by atoms with Crippen molar-refractivity contribution in [3.05, 3.63) is 0 Å². The largest absolute Gasteiger partial charge is 0.396 e. The van der Waals surface area contributed by atoms with Crippen LogP contribution in [0.4, 0.5) is 0 Å². The number of methoxy groups -OCH3 is 2. The number of thiol groups is 1. The third-order valence-corrected chi connectivity index (χ3v) is 10.2. The fourth-order valence-corrected chi connectivity index (χ4v) is 6.78. The summed E-state index contributed by atoms with van der Waals surface area (Å²) in [6, 6.07) is -1.63. The van der Waals surface area contributed by atoms with Crippen LogP contribution in [-0.4, -0.2) is 255 Å². The van der Waals surface area contributed by atoms with Gasteiger partial charge in [-0.25, -0.2) is 0 Å². The highest BCUT2D eigenvalue weighted by Crippen LogP contribution is 2.30. The van der Waals surface area contributed by atoms with Gasteiger partial charge in [-0.05, 0) is 25.0 Å². The van der Waals surface area contributed by atoms with Crippen LogP contribution in [-0.2, 0) is 47.6 Å². The zero-order chi connectivity index (χ0) is 46.0. The van der Waals surface area contributed by atoms with Crippen molar-refractivity contribution in [1.82, 2.24) is 15.7 Å². The fraction of sp³-hybridized carbons (Fsp3) is 0.943. The van der Waals surface area contributed by atoms with Crippen LogP contribution in [0, 0.1) is 0 Å². The maximum absolute atomic E-state index is 12.5. The lowest BCUT2D eigenvalue weighted by atomic mass is 9.97. The van der Waals surface area contributed by atoms with Gasteiger partial charge < -0.3 is 105 Å². The summed E-state index contributed by atoms with van der Waals surface area (Å²) >= 11 is 4.06. The number of nitrogens with one attached hydrogen (secondary N) is 2. The molecule has 26 heteroatoms. The standard InChI is InChI=1S/C35H67N3O22S/c1-16(43)37-22(30(17(44)7-10-39)59-35-29(52)25(48)24(47)19(14-41)58-35)33(53-3)57-18(8-11-40)23(46)28(51)34(54-4)60-31-20(15-42)56-32(27(50)26(31)49)38(2)55-12-9-36-21(45)6-5-13-61/h17-20,22-35,39-42,44,46-52,61H,5-15H2,1-4H3,(H,36,45)(H,37,43)/t17-,18-,19?,20?,22?,23?,24?,25?,26?,27?,28?,29?,30?,31+,32+,33-,34?,35-/m0/s1. The molecule has 2 rings (SSSR count). The zero-order valence-corrected chi connectivity index (χ0v) is 35.4. The first-order valence-electron chi connectivity index (χ1n) is 19.7. The molecule has 0 bridgehead atoms. The number of hydroxylamine groups is 2. The summed E-state index contributed by atoms with van der Waals surface area (Å²) in [6.07, 6.45) is -29.8. The normalized spacial score (nSPS) is 31.1. The zero-order valence-electron chi connectivity index (χ0n) is 34.5. The Bertz CT molecular complexity index is 1240. The van der Waals surface area contributed by atoms with E-state index in [9.17, 15) is 70.9 Å². The molecule has 0 aromatic rings. The van der Waals surface area contributed by atoms with E-state index in [2.05, 4.69) is 23.3 Å². The molecule has 2 saturated heterocycles. The molecule has 0 spiro atoms. The van der Waals surface area contributed by atoms with E-state index in [0.717, 1.165) is 26.2 Å². The van der Waals surface area contributed by atoms with Crippen molar-refractivity contribution in [2.24, 2.45) is 0 Å². The molecule has 2 fully saturated rings. The smallest absolute Gasteiger partial charge is 0.220 e. The molecular weight excluding hydrogens is 846 g/mol. The first-order chi connectivity index (χ1) is 29.0. The Morgan fingerprint density at radius 3 is 2.00 bits per heavy atom. The minimum atomic E-state index is -2.10. The van der Waals surface area contributed by atoms with Crippen LogP contribution in [0.5, 0.6) is 0 Å². The van der Waals surface area contributed by atoms with Crippen molar-refractivity contribution in [3.63, 3.8) is 0 Å². The number of likely N-dealkylation sites (N-methyl/N-ethyl adjacent to an activating group) is 1. The molecule has 18 atom stereocenters. The summed E-state index contributed by atoms with van der Waals surface area (Å²) in [5, 5.41) is 133. The highest BCUT2D eigenvalue weighted by Gasteiger charge is 2.51. The van der Waals surface area contributed by atoms with Gasteiger partial charge in [0, 0.05) is 54.4 Å². The lowest BCUT2D eigenvalue weighted by molar-refractivity contribution is -0.350. The first-order valence-corrected chi connectivity index (χ1v) is 20.3. The van der Waals surface area contributed by atoms with E-state index >= 15 is 0 Å². The quantitative estimate of drug-likeness (QED) is 0.0143. The Morgan fingerprint density at radius 2 is 1.44 bits per heavy atom. The highest BCUT2D eigenvalue weighted by molar-refractivity contribution is 7.80. The van der Waals surface area contributed by atoms with Crippen molar-refractivity contribution in [1.29, 1.82) is 0 Å². The van der Waals surface area contributed by atoms with Crippen LogP contribution >= 0.6 is 12.6 Å². The number of nitrogens with zero attached hydrogens (tertiary/aromatic N) is 1. The van der Waals surface area contributed by atoms with Crippen molar-refractivity contribution < 1.29 is 109 Å². The number of hydrogen-bond donors (Lipinski definition) is 15. The van der Waals surface area contributed by atoms with Crippen molar-refractivity contribution >= 4 is 24.4 Å². The van der Waals surface area contributed by atoms with E-state index in [1.165, 1.54) is 7.05 Å². The molecule has 2 aliphatic heterocycles. The Morgan fingerprint density at radius 1 is 0.803 bits per heavy atom. The maximum Gasteiger partial charge on any atom is 0.220 e. The van der Waals surface area contributed by atoms with E-state index in [1.807, 2.05) is 0 Å². The van der Waals surface area contributed by atoms with Crippen molar-refractivity contribution in [2.75, 3.05) is 66.6 Å². The predicted octanol–water partition coefficient (Wildman–Crippen LogP) is -7.63. The molecule has 12 unspecified atom stereocenters. The average Bonchev–Trinajstić information content (AvgIpc) is 3.24. The SMILES string of the molecule is COC(O[C@@H]1C(CO)O[C@@H](N(C)OCCNC(=O)CCCS)C(O)C1O)C(O)C(O)[C@H](CCO)O[C@H](OC)C(NC(C)=O)C(O[C@@H]1OC(CO)C(O)C(O)C1O)[C@@H](O)CCO. The molecular formula is C35H67N3O22S. The van der Waals surface area contributed by atoms with Crippen LogP contribution in [0.1, 0.15) is 32.6 Å². The Kier molecular flexibility index (Phi) is 25.9. The summed E-state index contributed by atoms with van der Waals surface area (Å²) in [6.45, 7) is -1.81. The van der Waals surface area contributed by atoms with Gasteiger partial charge in [-0.3, -0.25) is 14.4 Å². The topological polar surface area (TPSA) is 378 Å². The number of ether oxygens (including phenoxy) is 7. The molecule has 2 amide bonds. The van der Waals surface area contributed by atoms with E-state index in [4.69, 9.17) is 38.0 Å². The highest BCUT2D eigenvalue weighted by atomic mass is 32.1. The second-order valence-electron chi connectivity index (χ2n) is 14.4. The van der Waals surface area contributed by atoms with Crippen LogP contribution in [0.25, 0.3) is 0 Å². The fourth-order valence-electron chi connectivity index (χ4n) is 6.62. The summed E-state index contributed by atoms with van der Waals surface area (Å²) in [7, 11) is 3.51. The van der Waals surface area contributed by atoms with Gasteiger partial charge in [0.05, 0.1) is 32.0 Å². The molecule has 0 aromatic heterocycles. The molecule has 61 heavy (non-hydrogen) atoms. The van der Waals surface area contributed by atoms with Gasteiger partial charge in [-0.2, -0.15) is 17.7 Å². The monoisotopic (exact) mass is 913 g/mol. The molecule has 2 heterocycles. The molecule has 0 aromatic carbocycles. The van der Waals surface area contributed by atoms with E-state index in [0.29, 0.717) is 12.2 Å². The van der Waals surface area contributed by atoms with Gasteiger partial charge in [0.1, 0.15) is 73.2 Å². The maximum atomic E-state index is 12.5. The second kappa shape index (κ2) is 28.4. The summed E-state index contributed by atoms with van der Waals surface area (Å²) in [5.41, 5.74) is 0. The Balaban J connectivity index is 2.29. The number of rotatable bonds is 29. The average molecular weight is 914 g/mol. The lowest BCUT2D eigenvalue weighted by Crippen LogP contribution is -2.65. The minimum absolute atomic E-state index is 0.0485. The molecule has 2 aliphatic rings. The van der Waals surface area contributed by atoms with Crippen molar-refractivity contribution in [3.8, 4) is 0 Å². The molecule has 0 aliphatic carbocycles. The van der Waals surface area contributed by atoms with Crippen LogP contribution in [0.2, 0.25) is 0 Å². The lowest BCUT2D eigenvalue weighted by Gasteiger charge is -2.45. The molecule has 0 radical (unpaired) electrons. The van der Waals surface area contributed by atoms with Gasteiger partial charge in [0.25, 0.3) is 0 Å². The van der Waals surface area contributed by atoms with Gasteiger partial charge in [0.2, 0.25) is 11.8 Å². The van der Waals surface area contributed by atoms with Crippen LogP contribution in [0.15, 0.2) is 0 Å². The van der Waals surface area contributed by atoms with E-state index < -0.39 is 156 Å². The third kappa shape index (κ3) is 16.1. The second-order valence-corrected chi connectivity index (χ2v) is 14.8.